The number of fused-ring (bicyclic) bond motifs is 1. The summed E-state index contributed by atoms with van der Waals surface area (Å²) in [6, 6.07) is 12.1. The predicted molar refractivity (Wildman–Crippen MR) is 82.0 cm³/mol. The number of para-hydroxylation sites is 1. The van der Waals surface area contributed by atoms with Gasteiger partial charge in [-0.2, -0.15) is 5.10 Å². The molecule has 2 aromatic carbocycles. The van der Waals surface area contributed by atoms with Gasteiger partial charge in [0.2, 0.25) is 0 Å². The first kappa shape index (κ1) is 15.0. The Bertz CT molecular complexity index is 964. The average molecular weight is 332 g/mol. The van der Waals surface area contributed by atoms with Gasteiger partial charge in [0.15, 0.2) is 5.03 Å². The summed E-state index contributed by atoms with van der Waals surface area (Å²) in [6.45, 7) is 0. The zero-order valence-electron chi connectivity index (χ0n) is 11.6. The van der Waals surface area contributed by atoms with Crippen molar-refractivity contribution in [2.75, 3.05) is 0 Å². The number of aromatic hydroxyl groups is 1. The van der Waals surface area contributed by atoms with E-state index in [0.717, 1.165) is 0 Å². The van der Waals surface area contributed by atoms with Crippen LogP contribution < -0.4 is 10.3 Å². The second-order valence-corrected chi connectivity index (χ2v) is 6.30. The van der Waals surface area contributed by atoms with Gasteiger partial charge in [-0.1, -0.05) is 12.1 Å². The second kappa shape index (κ2) is 5.71. The fourth-order valence-electron chi connectivity index (χ4n) is 1.99. The molecule has 9 heteroatoms. The van der Waals surface area contributed by atoms with Gasteiger partial charge in [0.1, 0.15) is 5.75 Å². The molecule has 0 aliphatic rings. The number of H-pyrrole nitrogens is 1. The van der Waals surface area contributed by atoms with E-state index in [9.17, 15) is 13.2 Å². The standard InChI is InChI=1S/C14H12N4O4S/c19-10-7-5-9(6-8-10)13(20)16-18-23(21,22)14-11-3-1-2-4-12(11)15-17-14/h1-8,18-19H,(H,15,17)(H,16,20). The molecule has 0 aliphatic carbocycles. The number of phenols is 1. The SMILES string of the molecule is O=C(NNS(=O)(=O)c1[nH]nc2ccccc12)c1ccc(O)cc1. The first-order chi connectivity index (χ1) is 11.0. The van der Waals surface area contributed by atoms with E-state index in [1.54, 1.807) is 24.3 Å². The summed E-state index contributed by atoms with van der Waals surface area (Å²) < 4.78 is 24.5. The first-order valence-corrected chi connectivity index (χ1v) is 8.00. The summed E-state index contributed by atoms with van der Waals surface area (Å²) in [7, 11) is -4.00. The first-order valence-electron chi connectivity index (χ1n) is 6.52. The number of aromatic amines is 1. The van der Waals surface area contributed by atoms with Crippen molar-refractivity contribution >= 4 is 26.8 Å². The number of carbonyl (C=O) groups excluding carboxylic acids is 1. The van der Waals surface area contributed by atoms with Gasteiger partial charge in [-0.15, -0.1) is 4.83 Å². The Balaban J connectivity index is 1.79. The quantitative estimate of drug-likeness (QED) is 0.528. The van der Waals surface area contributed by atoms with Crippen LogP contribution in [0.2, 0.25) is 0 Å². The number of sulfonamides is 1. The lowest BCUT2D eigenvalue weighted by Gasteiger charge is -2.07. The summed E-state index contributed by atoms with van der Waals surface area (Å²) in [4.78, 5) is 13.9. The van der Waals surface area contributed by atoms with E-state index in [-0.39, 0.29) is 16.3 Å². The number of hydrogen-bond donors (Lipinski definition) is 4. The number of hydrazine groups is 1. The lowest BCUT2D eigenvalue weighted by Crippen LogP contribution is -2.41. The summed E-state index contributed by atoms with van der Waals surface area (Å²) in [5.41, 5.74) is 2.80. The third kappa shape index (κ3) is 3.00. The number of nitrogens with one attached hydrogen (secondary N) is 3. The van der Waals surface area contributed by atoms with Crippen molar-refractivity contribution < 1.29 is 18.3 Å². The van der Waals surface area contributed by atoms with Crippen molar-refractivity contribution in [3.8, 4) is 5.75 Å². The van der Waals surface area contributed by atoms with Gasteiger partial charge >= 0.3 is 0 Å². The number of phenolic OH excluding ortho intramolecular Hbond substituents is 1. The van der Waals surface area contributed by atoms with Crippen LogP contribution in [0.4, 0.5) is 0 Å². The van der Waals surface area contributed by atoms with E-state index in [4.69, 9.17) is 5.11 Å². The molecule has 23 heavy (non-hydrogen) atoms. The number of benzene rings is 2. The summed E-state index contributed by atoms with van der Waals surface area (Å²) in [6.07, 6.45) is 0. The van der Waals surface area contributed by atoms with Gasteiger partial charge in [0.05, 0.1) is 5.52 Å². The molecule has 3 rings (SSSR count). The molecule has 0 aliphatic heterocycles. The molecular formula is C14H12N4O4S. The molecule has 0 spiro atoms. The maximum Gasteiger partial charge on any atom is 0.274 e. The Morgan fingerprint density at radius 2 is 1.78 bits per heavy atom. The topological polar surface area (TPSA) is 124 Å². The van der Waals surface area contributed by atoms with Crippen LogP contribution in [0.25, 0.3) is 10.9 Å². The molecule has 0 saturated heterocycles. The number of rotatable bonds is 4. The number of amides is 1. The molecule has 4 N–H and O–H groups in total. The van der Waals surface area contributed by atoms with E-state index in [1.165, 1.54) is 24.3 Å². The highest BCUT2D eigenvalue weighted by Crippen LogP contribution is 2.19. The fraction of sp³-hybridized carbons (Fsp3) is 0. The minimum absolute atomic E-state index is 0.00561. The monoisotopic (exact) mass is 332 g/mol. The van der Waals surface area contributed by atoms with Crippen molar-refractivity contribution in [2.24, 2.45) is 0 Å². The Kier molecular flexibility index (Phi) is 3.72. The van der Waals surface area contributed by atoms with Crippen LogP contribution in [0.3, 0.4) is 0 Å². The van der Waals surface area contributed by atoms with Crippen molar-refractivity contribution in [2.45, 2.75) is 5.03 Å². The molecule has 0 bridgehead atoms. The average Bonchev–Trinajstić information content (AvgIpc) is 2.98. The maximum absolute atomic E-state index is 12.3. The third-order valence-corrected chi connectivity index (χ3v) is 4.34. The Morgan fingerprint density at radius 3 is 2.52 bits per heavy atom. The molecule has 8 nitrogen and oxygen atoms in total. The molecule has 3 aromatic rings. The third-order valence-electron chi connectivity index (χ3n) is 3.12. The van der Waals surface area contributed by atoms with Crippen molar-refractivity contribution in [3.63, 3.8) is 0 Å². The summed E-state index contributed by atoms with van der Waals surface area (Å²) in [5.74, 6) is -0.650. The zero-order chi connectivity index (χ0) is 16.4. The van der Waals surface area contributed by atoms with E-state index >= 15 is 0 Å². The van der Waals surface area contributed by atoms with Crippen LogP contribution in [0, 0.1) is 0 Å². The highest BCUT2D eigenvalue weighted by molar-refractivity contribution is 7.89. The van der Waals surface area contributed by atoms with Crippen LogP contribution >= 0.6 is 0 Å². The molecule has 1 aromatic heterocycles. The number of aromatic nitrogens is 2. The van der Waals surface area contributed by atoms with Crippen LogP contribution in [-0.4, -0.2) is 29.6 Å². The normalized spacial score (nSPS) is 11.5. The molecule has 0 saturated carbocycles. The lowest BCUT2D eigenvalue weighted by atomic mass is 10.2. The van der Waals surface area contributed by atoms with Crippen molar-refractivity contribution in [3.05, 3.63) is 54.1 Å². The number of carbonyl (C=O) groups is 1. The predicted octanol–water partition coefficient (Wildman–Crippen LogP) is 0.892. The molecule has 0 radical (unpaired) electrons. The maximum atomic E-state index is 12.3. The van der Waals surface area contributed by atoms with Crippen LogP contribution in [-0.2, 0) is 10.0 Å². The molecule has 0 unspecified atom stereocenters. The summed E-state index contributed by atoms with van der Waals surface area (Å²) >= 11 is 0. The van der Waals surface area contributed by atoms with Crippen LogP contribution in [0.5, 0.6) is 5.75 Å². The largest absolute Gasteiger partial charge is 0.508 e. The van der Waals surface area contributed by atoms with Gasteiger partial charge < -0.3 is 5.11 Å². The molecular weight excluding hydrogens is 320 g/mol. The molecule has 0 fully saturated rings. The minimum atomic E-state index is -4.00. The number of nitrogens with zero attached hydrogens (tertiary/aromatic N) is 1. The van der Waals surface area contributed by atoms with E-state index in [2.05, 4.69) is 15.6 Å². The van der Waals surface area contributed by atoms with Crippen LogP contribution in [0.15, 0.2) is 53.6 Å². The zero-order valence-corrected chi connectivity index (χ0v) is 12.5. The molecule has 1 amide bonds. The molecule has 0 atom stereocenters. The Morgan fingerprint density at radius 1 is 1.09 bits per heavy atom. The molecule has 118 valence electrons. The highest BCUT2D eigenvalue weighted by Gasteiger charge is 2.21. The second-order valence-electron chi connectivity index (χ2n) is 4.68. The van der Waals surface area contributed by atoms with Gasteiger partial charge in [-0.05, 0) is 36.4 Å². The fourth-order valence-corrected chi connectivity index (χ4v) is 2.95. The minimum Gasteiger partial charge on any atom is -0.508 e. The van der Waals surface area contributed by atoms with Crippen molar-refractivity contribution in [1.82, 2.24) is 20.5 Å². The Labute approximate surface area is 131 Å². The van der Waals surface area contributed by atoms with E-state index < -0.39 is 15.9 Å². The van der Waals surface area contributed by atoms with Gasteiger partial charge in [0.25, 0.3) is 15.9 Å². The lowest BCUT2D eigenvalue weighted by molar-refractivity contribution is 0.0945. The highest BCUT2D eigenvalue weighted by atomic mass is 32.2. The van der Waals surface area contributed by atoms with Crippen LogP contribution in [0.1, 0.15) is 10.4 Å². The summed E-state index contributed by atoms with van der Waals surface area (Å²) in [5, 5.41) is 15.8. The van der Waals surface area contributed by atoms with Gasteiger partial charge in [0, 0.05) is 10.9 Å². The van der Waals surface area contributed by atoms with Gasteiger partial charge in [-0.3, -0.25) is 15.3 Å². The smallest absolute Gasteiger partial charge is 0.274 e. The van der Waals surface area contributed by atoms with Crippen molar-refractivity contribution in [1.29, 1.82) is 0 Å². The van der Waals surface area contributed by atoms with E-state index in [1.807, 2.05) is 4.83 Å². The van der Waals surface area contributed by atoms with E-state index in [0.29, 0.717) is 10.9 Å². The Hall–Kier alpha value is -2.91. The number of hydrogen-bond acceptors (Lipinski definition) is 5. The molecule has 1 heterocycles. The van der Waals surface area contributed by atoms with Gasteiger partial charge in [-0.25, -0.2) is 8.42 Å².